The number of rotatable bonds is 7. The molecule has 9 nitrogen and oxygen atoms in total. The molecule has 0 unspecified atom stereocenters. The number of hydrogen-bond donors (Lipinski definition) is 1. The second-order valence-electron chi connectivity index (χ2n) is 7.46. The SMILES string of the molecule is CCOC(=O)C1CCN(c2nc(Oc3ccccc3-c3cc[nH]c3)ccc2[N+](=O)[O-])CC1. The first-order chi connectivity index (χ1) is 15.6. The number of benzene rings is 1. The maximum absolute atomic E-state index is 12.0. The molecule has 3 aromatic rings. The van der Waals surface area contributed by atoms with Crippen molar-refractivity contribution in [3.05, 3.63) is 65.0 Å². The van der Waals surface area contributed by atoms with E-state index in [-0.39, 0.29) is 29.3 Å². The van der Waals surface area contributed by atoms with Crippen LogP contribution in [-0.2, 0) is 9.53 Å². The predicted octanol–water partition coefficient (Wildman–Crippen LogP) is 4.56. The molecule has 1 aromatic carbocycles. The Morgan fingerprint density at radius 3 is 2.69 bits per heavy atom. The Morgan fingerprint density at radius 2 is 2.00 bits per heavy atom. The van der Waals surface area contributed by atoms with Crippen molar-refractivity contribution in [2.45, 2.75) is 19.8 Å². The molecular weight excluding hydrogens is 412 g/mol. The zero-order valence-corrected chi connectivity index (χ0v) is 17.7. The Hall–Kier alpha value is -3.88. The van der Waals surface area contributed by atoms with E-state index in [4.69, 9.17) is 9.47 Å². The van der Waals surface area contributed by atoms with E-state index in [1.165, 1.54) is 12.1 Å². The number of para-hydroxylation sites is 1. The van der Waals surface area contributed by atoms with Crippen LogP contribution in [0.5, 0.6) is 11.6 Å². The zero-order valence-electron chi connectivity index (χ0n) is 17.7. The summed E-state index contributed by atoms with van der Waals surface area (Å²) in [5.74, 6) is 0.696. The van der Waals surface area contributed by atoms with Crippen LogP contribution in [0.3, 0.4) is 0 Å². The number of esters is 1. The molecule has 1 fully saturated rings. The second kappa shape index (κ2) is 9.51. The lowest BCUT2D eigenvalue weighted by molar-refractivity contribution is -0.384. The van der Waals surface area contributed by atoms with Gasteiger partial charge in [0, 0.05) is 48.7 Å². The summed E-state index contributed by atoms with van der Waals surface area (Å²) in [6.07, 6.45) is 4.80. The Morgan fingerprint density at radius 1 is 1.22 bits per heavy atom. The molecule has 1 aliphatic heterocycles. The molecule has 0 saturated carbocycles. The maximum Gasteiger partial charge on any atom is 0.311 e. The van der Waals surface area contributed by atoms with Gasteiger partial charge in [-0.2, -0.15) is 4.98 Å². The number of piperidine rings is 1. The minimum absolute atomic E-state index is 0.0918. The lowest BCUT2D eigenvalue weighted by atomic mass is 9.97. The van der Waals surface area contributed by atoms with Gasteiger partial charge in [0.15, 0.2) is 0 Å². The molecule has 32 heavy (non-hydrogen) atoms. The lowest BCUT2D eigenvalue weighted by Crippen LogP contribution is -2.37. The van der Waals surface area contributed by atoms with E-state index in [0.717, 1.165) is 11.1 Å². The van der Waals surface area contributed by atoms with Crippen molar-refractivity contribution in [3.8, 4) is 22.8 Å². The number of anilines is 1. The molecule has 0 aliphatic carbocycles. The van der Waals surface area contributed by atoms with E-state index in [0.29, 0.717) is 38.3 Å². The number of nitrogens with zero attached hydrogens (tertiary/aromatic N) is 3. The first-order valence-electron chi connectivity index (χ1n) is 10.5. The molecule has 0 radical (unpaired) electrons. The van der Waals surface area contributed by atoms with Gasteiger partial charge < -0.3 is 19.4 Å². The number of nitro groups is 1. The van der Waals surface area contributed by atoms with Crippen molar-refractivity contribution >= 4 is 17.5 Å². The maximum atomic E-state index is 12.0. The van der Waals surface area contributed by atoms with Gasteiger partial charge in [0.25, 0.3) is 0 Å². The van der Waals surface area contributed by atoms with Gasteiger partial charge in [0.2, 0.25) is 11.7 Å². The number of pyridine rings is 1. The largest absolute Gasteiger partial charge is 0.466 e. The average molecular weight is 436 g/mol. The molecule has 4 rings (SSSR count). The summed E-state index contributed by atoms with van der Waals surface area (Å²) in [4.78, 5) is 32.5. The molecule has 0 atom stereocenters. The van der Waals surface area contributed by atoms with E-state index in [2.05, 4.69) is 9.97 Å². The minimum Gasteiger partial charge on any atom is -0.466 e. The van der Waals surface area contributed by atoms with Gasteiger partial charge in [-0.1, -0.05) is 18.2 Å². The fourth-order valence-electron chi connectivity index (χ4n) is 3.84. The smallest absolute Gasteiger partial charge is 0.311 e. The van der Waals surface area contributed by atoms with E-state index >= 15 is 0 Å². The quantitative estimate of drug-likeness (QED) is 0.328. The van der Waals surface area contributed by atoms with Gasteiger partial charge in [-0.3, -0.25) is 14.9 Å². The van der Waals surface area contributed by atoms with Crippen LogP contribution in [0.15, 0.2) is 54.9 Å². The molecule has 1 saturated heterocycles. The van der Waals surface area contributed by atoms with Crippen LogP contribution in [0.4, 0.5) is 11.5 Å². The monoisotopic (exact) mass is 436 g/mol. The molecule has 166 valence electrons. The van der Waals surface area contributed by atoms with Crippen LogP contribution < -0.4 is 9.64 Å². The van der Waals surface area contributed by atoms with E-state index in [1.54, 1.807) is 6.92 Å². The van der Waals surface area contributed by atoms with Crippen molar-refractivity contribution in [2.75, 3.05) is 24.6 Å². The topological polar surface area (TPSA) is 111 Å². The summed E-state index contributed by atoms with van der Waals surface area (Å²) >= 11 is 0. The molecule has 1 aliphatic rings. The van der Waals surface area contributed by atoms with Crippen LogP contribution in [0.1, 0.15) is 19.8 Å². The highest BCUT2D eigenvalue weighted by Crippen LogP contribution is 2.36. The third-order valence-corrected chi connectivity index (χ3v) is 5.45. The fourth-order valence-corrected chi connectivity index (χ4v) is 3.84. The third kappa shape index (κ3) is 4.56. The van der Waals surface area contributed by atoms with Crippen LogP contribution in [0.2, 0.25) is 0 Å². The number of carbonyl (C=O) groups excluding carboxylic acids is 1. The van der Waals surface area contributed by atoms with E-state index in [9.17, 15) is 14.9 Å². The number of nitrogens with one attached hydrogen (secondary N) is 1. The predicted molar refractivity (Wildman–Crippen MR) is 119 cm³/mol. The first kappa shape index (κ1) is 21.4. The second-order valence-corrected chi connectivity index (χ2v) is 7.46. The normalized spacial score (nSPS) is 14.2. The van der Waals surface area contributed by atoms with Gasteiger partial charge in [0.05, 0.1) is 17.4 Å². The van der Waals surface area contributed by atoms with Crippen LogP contribution >= 0.6 is 0 Å². The number of aromatic amines is 1. The molecular formula is C23H24N4O5. The highest BCUT2D eigenvalue weighted by Gasteiger charge is 2.30. The van der Waals surface area contributed by atoms with E-state index < -0.39 is 4.92 Å². The number of carbonyl (C=O) groups is 1. The highest BCUT2D eigenvalue weighted by molar-refractivity contribution is 5.73. The van der Waals surface area contributed by atoms with Crippen LogP contribution in [0.25, 0.3) is 11.1 Å². The van der Waals surface area contributed by atoms with Crippen molar-refractivity contribution in [3.63, 3.8) is 0 Å². The number of H-pyrrole nitrogens is 1. The van der Waals surface area contributed by atoms with Crippen LogP contribution in [-0.4, -0.2) is 40.6 Å². The summed E-state index contributed by atoms with van der Waals surface area (Å²) < 4.78 is 11.2. The average Bonchev–Trinajstić information content (AvgIpc) is 3.34. The fraction of sp³-hybridized carbons (Fsp3) is 0.304. The lowest BCUT2D eigenvalue weighted by Gasteiger charge is -2.31. The summed E-state index contributed by atoms with van der Waals surface area (Å²) in [5.41, 5.74) is 1.75. The van der Waals surface area contributed by atoms with Crippen molar-refractivity contribution in [2.24, 2.45) is 5.92 Å². The van der Waals surface area contributed by atoms with E-state index in [1.807, 2.05) is 47.6 Å². The van der Waals surface area contributed by atoms with Crippen molar-refractivity contribution in [1.82, 2.24) is 9.97 Å². The number of ether oxygens (including phenoxy) is 2. The highest BCUT2D eigenvalue weighted by atomic mass is 16.6. The molecule has 9 heteroatoms. The Labute approximate surface area is 185 Å². The molecule has 0 amide bonds. The molecule has 0 bridgehead atoms. The standard InChI is InChI=1S/C23H24N4O5/c1-2-31-23(28)16-10-13-26(14-11-16)22-19(27(29)30)7-8-21(25-22)32-20-6-4-3-5-18(20)17-9-12-24-15-17/h3-9,12,15-16,24H,2,10-11,13-14H2,1H3. The third-order valence-electron chi connectivity index (χ3n) is 5.45. The van der Waals surface area contributed by atoms with Gasteiger partial charge in [-0.25, -0.2) is 0 Å². The van der Waals surface area contributed by atoms with Gasteiger partial charge in [-0.05, 0) is 31.9 Å². The Bertz CT molecular complexity index is 1090. The van der Waals surface area contributed by atoms with Gasteiger partial charge in [0.1, 0.15) is 5.75 Å². The minimum atomic E-state index is -0.447. The van der Waals surface area contributed by atoms with Crippen molar-refractivity contribution < 1.29 is 19.2 Å². The van der Waals surface area contributed by atoms with Crippen molar-refractivity contribution in [1.29, 1.82) is 0 Å². The first-order valence-corrected chi connectivity index (χ1v) is 10.5. The zero-order chi connectivity index (χ0) is 22.5. The summed E-state index contributed by atoms with van der Waals surface area (Å²) in [7, 11) is 0. The number of hydrogen-bond acceptors (Lipinski definition) is 7. The molecule has 0 spiro atoms. The Balaban J connectivity index is 1.58. The summed E-state index contributed by atoms with van der Waals surface area (Å²) in [5, 5.41) is 11.6. The molecule has 3 heterocycles. The molecule has 1 N–H and O–H groups in total. The summed E-state index contributed by atoms with van der Waals surface area (Å²) in [6.45, 7) is 3.07. The van der Waals surface area contributed by atoms with Crippen LogP contribution in [0, 0.1) is 16.0 Å². The van der Waals surface area contributed by atoms with Gasteiger partial charge in [-0.15, -0.1) is 0 Å². The molecule has 2 aromatic heterocycles. The number of aromatic nitrogens is 2. The van der Waals surface area contributed by atoms with Gasteiger partial charge >= 0.3 is 11.7 Å². The Kier molecular flexibility index (Phi) is 6.34. The summed E-state index contributed by atoms with van der Waals surface area (Å²) in [6, 6.07) is 12.4.